The number of carbonyl (C=O) groups is 2. The van der Waals surface area contributed by atoms with E-state index in [1.54, 1.807) is 0 Å². The van der Waals surface area contributed by atoms with Crippen LogP contribution in [0.25, 0.3) is 0 Å². The quantitative estimate of drug-likeness (QED) is 0.428. The van der Waals surface area contributed by atoms with Gasteiger partial charge in [-0.15, -0.1) is 0 Å². The Kier molecular flexibility index (Phi) is 3.42. The summed E-state index contributed by atoms with van der Waals surface area (Å²) in [5, 5.41) is 10.8. The maximum Gasteiger partial charge on any atom is 0.312 e. The molecule has 0 spiro atoms. The zero-order valence-corrected chi connectivity index (χ0v) is 5.57. The fourth-order valence-electron chi connectivity index (χ4n) is 0.433. The van der Waals surface area contributed by atoms with Crippen LogP contribution in [0.15, 0.2) is 0 Å². The Labute approximate surface area is 58.2 Å². The molecule has 5 heteroatoms. The first-order valence-corrected chi connectivity index (χ1v) is 2.77. The van der Waals surface area contributed by atoms with E-state index in [1.165, 1.54) is 6.92 Å². The second kappa shape index (κ2) is 3.84. The molecule has 0 aromatic carbocycles. The third-order valence-electron chi connectivity index (χ3n) is 0.975. The third-order valence-corrected chi connectivity index (χ3v) is 0.975. The summed E-state index contributed by atoms with van der Waals surface area (Å²) in [6, 6.07) is -1.73. The largest absolute Gasteiger partial charge is 0.391 e. The lowest BCUT2D eigenvalue weighted by molar-refractivity contribution is -0.111. The fourth-order valence-corrected chi connectivity index (χ4v) is 0.433. The highest BCUT2D eigenvalue weighted by molar-refractivity contribution is 5.76. The van der Waals surface area contributed by atoms with Crippen LogP contribution in [0.5, 0.6) is 0 Å². The normalized spacial score (nSPS) is 15.4. The van der Waals surface area contributed by atoms with Gasteiger partial charge in [-0.25, -0.2) is 4.79 Å². The molecule has 2 atom stereocenters. The Bertz CT molecular complexity index is 135. The van der Waals surface area contributed by atoms with Crippen molar-refractivity contribution in [3.63, 3.8) is 0 Å². The predicted molar refractivity (Wildman–Crippen MR) is 34.3 cm³/mol. The Morgan fingerprint density at radius 1 is 1.80 bits per heavy atom. The number of hydrogen-bond acceptors (Lipinski definition) is 3. The minimum atomic E-state index is -0.912. The molecule has 0 aromatic heterocycles. The number of nitrogens with one attached hydrogen (secondary N) is 1. The van der Waals surface area contributed by atoms with Gasteiger partial charge in [-0.2, -0.15) is 0 Å². The molecular weight excluding hydrogens is 136 g/mol. The van der Waals surface area contributed by atoms with E-state index in [9.17, 15) is 9.59 Å². The lowest BCUT2D eigenvalue weighted by Gasteiger charge is -2.12. The van der Waals surface area contributed by atoms with Crippen LogP contribution in [0.4, 0.5) is 4.79 Å². The Hall–Kier alpha value is -1.10. The van der Waals surface area contributed by atoms with Crippen LogP contribution < -0.4 is 11.1 Å². The molecule has 0 aromatic rings. The highest BCUT2D eigenvalue weighted by atomic mass is 16.3. The average molecular weight is 146 g/mol. The number of carbonyl (C=O) groups excluding carboxylic acids is 2. The van der Waals surface area contributed by atoms with Crippen LogP contribution in [0.2, 0.25) is 0 Å². The summed E-state index contributed by atoms with van der Waals surface area (Å²) in [5.41, 5.74) is 4.69. The van der Waals surface area contributed by atoms with Crippen molar-refractivity contribution in [1.29, 1.82) is 0 Å². The summed E-state index contributed by atoms with van der Waals surface area (Å²) in [5.74, 6) is 0. The summed E-state index contributed by atoms with van der Waals surface area (Å²) in [7, 11) is 0. The number of rotatable bonds is 3. The standard InChI is InChI=1S/C5H10N2O3/c1-3(9)4(2-8)7-5(6)10/h2-4,9H,1H3,(H3,6,7,10)/t3?,4-/m1/s1. The first-order valence-electron chi connectivity index (χ1n) is 2.77. The third kappa shape index (κ3) is 3.03. The van der Waals surface area contributed by atoms with Gasteiger partial charge in [-0.1, -0.05) is 0 Å². The second-order valence-electron chi connectivity index (χ2n) is 1.91. The molecule has 10 heavy (non-hydrogen) atoms. The summed E-state index contributed by atoms with van der Waals surface area (Å²) < 4.78 is 0. The van der Waals surface area contributed by atoms with Crippen LogP contribution in [0, 0.1) is 0 Å². The monoisotopic (exact) mass is 146 g/mol. The van der Waals surface area contributed by atoms with Crippen molar-refractivity contribution >= 4 is 12.3 Å². The first kappa shape index (κ1) is 8.90. The van der Waals surface area contributed by atoms with Crippen molar-refractivity contribution in [2.75, 3.05) is 0 Å². The molecule has 0 rings (SSSR count). The highest BCUT2D eigenvalue weighted by Gasteiger charge is 2.13. The maximum atomic E-state index is 10.1. The van der Waals surface area contributed by atoms with Crippen molar-refractivity contribution in [1.82, 2.24) is 5.32 Å². The summed E-state index contributed by atoms with van der Waals surface area (Å²) in [6.07, 6.45) is -0.486. The van der Waals surface area contributed by atoms with Gasteiger partial charge < -0.3 is 21.0 Å². The number of amides is 2. The van der Waals surface area contributed by atoms with Gasteiger partial charge in [0.1, 0.15) is 12.3 Å². The van der Waals surface area contributed by atoms with E-state index in [0.29, 0.717) is 6.29 Å². The number of urea groups is 1. The smallest absolute Gasteiger partial charge is 0.312 e. The number of aliphatic hydroxyl groups is 1. The van der Waals surface area contributed by atoms with E-state index >= 15 is 0 Å². The number of aliphatic hydroxyl groups excluding tert-OH is 1. The van der Waals surface area contributed by atoms with E-state index in [-0.39, 0.29) is 0 Å². The van der Waals surface area contributed by atoms with Crippen LogP contribution >= 0.6 is 0 Å². The summed E-state index contributed by atoms with van der Waals surface area (Å²) in [6.45, 7) is 1.38. The van der Waals surface area contributed by atoms with Crippen molar-refractivity contribution in [2.24, 2.45) is 5.73 Å². The second-order valence-corrected chi connectivity index (χ2v) is 1.91. The van der Waals surface area contributed by atoms with Gasteiger partial charge in [0.05, 0.1) is 6.10 Å². The Morgan fingerprint density at radius 3 is 2.40 bits per heavy atom. The molecule has 58 valence electrons. The lowest BCUT2D eigenvalue weighted by atomic mass is 10.2. The van der Waals surface area contributed by atoms with Crippen molar-refractivity contribution in [3.8, 4) is 0 Å². The molecule has 1 unspecified atom stereocenters. The topological polar surface area (TPSA) is 92.4 Å². The van der Waals surface area contributed by atoms with E-state index in [4.69, 9.17) is 5.11 Å². The minimum absolute atomic E-state index is 0.426. The highest BCUT2D eigenvalue weighted by Crippen LogP contribution is 1.86. The number of primary amides is 1. The zero-order chi connectivity index (χ0) is 8.15. The van der Waals surface area contributed by atoms with E-state index in [0.717, 1.165) is 0 Å². The Balaban J connectivity index is 3.83. The molecule has 2 amide bonds. The maximum absolute atomic E-state index is 10.1. The van der Waals surface area contributed by atoms with Gasteiger partial charge in [0.2, 0.25) is 0 Å². The summed E-state index contributed by atoms with van der Waals surface area (Å²) >= 11 is 0. The van der Waals surface area contributed by atoms with Crippen molar-refractivity contribution in [2.45, 2.75) is 19.1 Å². The van der Waals surface area contributed by atoms with Crippen LogP contribution in [-0.4, -0.2) is 29.6 Å². The molecule has 0 radical (unpaired) electrons. The fraction of sp³-hybridized carbons (Fsp3) is 0.600. The number of hydrogen-bond donors (Lipinski definition) is 3. The molecule has 0 aliphatic heterocycles. The molecule has 0 saturated carbocycles. The van der Waals surface area contributed by atoms with Gasteiger partial charge in [-0.05, 0) is 6.92 Å². The molecule has 0 aliphatic rings. The average Bonchev–Trinajstić information content (AvgIpc) is 1.81. The van der Waals surface area contributed by atoms with Crippen molar-refractivity contribution < 1.29 is 14.7 Å². The van der Waals surface area contributed by atoms with E-state index in [1.807, 2.05) is 5.32 Å². The molecule has 0 fully saturated rings. The van der Waals surface area contributed by atoms with E-state index < -0.39 is 18.2 Å². The zero-order valence-electron chi connectivity index (χ0n) is 5.57. The number of aldehydes is 1. The number of nitrogens with two attached hydrogens (primary N) is 1. The summed E-state index contributed by atoms with van der Waals surface area (Å²) in [4.78, 5) is 20.2. The van der Waals surface area contributed by atoms with Gasteiger partial charge in [-0.3, -0.25) is 0 Å². The molecule has 5 nitrogen and oxygen atoms in total. The van der Waals surface area contributed by atoms with Gasteiger partial charge in [0.25, 0.3) is 0 Å². The molecular formula is C5H10N2O3. The molecule has 0 saturated heterocycles. The molecule has 0 aliphatic carbocycles. The molecule has 0 bridgehead atoms. The Morgan fingerprint density at radius 2 is 2.30 bits per heavy atom. The molecule has 4 N–H and O–H groups in total. The minimum Gasteiger partial charge on any atom is -0.391 e. The van der Waals surface area contributed by atoms with Crippen LogP contribution in [0.1, 0.15) is 6.92 Å². The SMILES string of the molecule is CC(O)[C@@H](C=O)NC(N)=O. The first-order chi connectivity index (χ1) is 4.57. The van der Waals surface area contributed by atoms with Crippen molar-refractivity contribution in [3.05, 3.63) is 0 Å². The van der Waals surface area contributed by atoms with Crippen LogP contribution in [0.3, 0.4) is 0 Å². The van der Waals surface area contributed by atoms with Gasteiger partial charge in [0, 0.05) is 0 Å². The van der Waals surface area contributed by atoms with Gasteiger partial charge >= 0.3 is 6.03 Å². The molecule has 0 heterocycles. The van der Waals surface area contributed by atoms with E-state index in [2.05, 4.69) is 5.73 Å². The van der Waals surface area contributed by atoms with Crippen LogP contribution in [-0.2, 0) is 4.79 Å². The predicted octanol–water partition coefficient (Wildman–Crippen LogP) is -1.40. The lowest BCUT2D eigenvalue weighted by Crippen LogP contribution is -2.45. The van der Waals surface area contributed by atoms with Gasteiger partial charge in [0.15, 0.2) is 0 Å².